The van der Waals surface area contributed by atoms with E-state index in [2.05, 4.69) is 5.32 Å². The molecule has 0 unspecified atom stereocenters. The van der Waals surface area contributed by atoms with Crippen molar-refractivity contribution < 1.29 is 23.9 Å². The standard InChI is InChI=1S/C19H18N2O5/c1-10-14-6-12(4-5-15(14)20-18(10)24)17(23)9-26-19(25)16-7-13(11(2)22)8-21(16)3/h4-8,10H,9H2,1-3H3,(H,20,24)/t10-/m0/s1. The van der Waals surface area contributed by atoms with Crippen LogP contribution in [0, 0.1) is 0 Å². The Labute approximate surface area is 149 Å². The lowest BCUT2D eigenvalue weighted by Crippen LogP contribution is -2.16. The van der Waals surface area contributed by atoms with Crippen LogP contribution in [0.1, 0.15) is 56.5 Å². The molecule has 26 heavy (non-hydrogen) atoms. The third-order valence-corrected chi connectivity index (χ3v) is 4.45. The number of carbonyl (C=O) groups is 4. The van der Waals surface area contributed by atoms with E-state index in [1.807, 2.05) is 0 Å². The maximum absolute atomic E-state index is 12.3. The minimum Gasteiger partial charge on any atom is -0.453 e. The fourth-order valence-corrected chi connectivity index (χ4v) is 2.84. The zero-order valence-corrected chi connectivity index (χ0v) is 14.7. The lowest BCUT2D eigenvalue weighted by molar-refractivity contribution is -0.116. The summed E-state index contributed by atoms with van der Waals surface area (Å²) in [6.45, 7) is 2.74. The van der Waals surface area contributed by atoms with Crippen LogP contribution in [0.5, 0.6) is 0 Å². The van der Waals surface area contributed by atoms with Crippen LogP contribution in [0.4, 0.5) is 5.69 Å². The number of ether oxygens (including phenoxy) is 1. The van der Waals surface area contributed by atoms with Gasteiger partial charge in [-0.15, -0.1) is 0 Å². The van der Waals surface area contributed by atoms with E-state index in [1.54, 1.807) is 32.2 Å². The smallest absolute Gasteiger partial charge is 0.355 e. The number of hydrogen-bond acceptors (Lipinski definition) is 5. The number of carbonyl (C=O) groups excluding carboxylic acids is 4. The molecule has 1 aromatic heterocycles. The van der Waals surface area contributed by atoms with E-state index >= 15 is 0 Å². The second kappa shape index (κ2) is 6.59. The Morgan fingerprint density at radius 2 is 1.92 bits per heavy atom. The quantitative estimate of drug-likeness (QED) is 0.657. The highest BCUT2D eigenvalue weighted by atomic mass is 16.5. The Kier molecular flexibility index (Phi) is 4.46. The summed E-state index contributed by atoms with van der Waals surface area (Å²) in [5, 5.41) is 2.74. The molecular formula is C19H18N2O5. The minimum atomic E-state index is -0.681. The molecule has 1 aliphatic rings. The van der Waals surface area contributed by atoms with Crippen LogP contribution in [0.25, 0.3) is 0 Å². The highest BCUT2D eigenvalue weighted by Gasteiger charge is 2.27. The first-order chi connectivity index (χ1) is 12.3. The number of aryl methyl sites for hydroxylation is 1. The second-order valence-electron chi connectivity index (χ2n) is 6.29. The van der Waals surface area contributed by atoms with Gasteiger partial charge in [-0.3, -0.25) is 14.4 Å². The van der Waals surface area contributed by atoms with Crippen LogP contribution in [0.3, 0.4) is 0 Å². The first kappa shape index (κ1) is 17.6. The number of hydrogen-bond donors (Lipinski definition) is 1. The SMILES string of the molecule is CC(=O)c1cc(C(=O)OCC(=O)c2ccc3c(c2)[C@H](C)C(=O)N3)n(C)c1. The molecule has 134 valence electrons. The number of nitrogens with zero attached hydrogens (tertiary/aromatic N) is 1. The number of aromatic nitrogens is 1. The van der Waals surface area contributed by atoms with E-state index in [0.717, 1.165) is 5.56 Å². The van der Waals surface area contributed by atoms with Gasteiger partial charge in [0.2, 0.25) is 5.91 Å². The van der Waals surface area contributed by atoms with Crippen LogP contribution < -0.4 is 5.32 Å². The Morgan fingerprint density at radius 3 is 2.58 bits per heavy atom. The minimum absolute atomic E-state index is 0.110. The Morgan fingerprint density at radius 1 is 1.19 bits per heavy atom. The van der Waals surface area contributed by atoms with Crippen molar-refractivity contribution in [3.63, 3.8) is 0 Å². The van der Waals surface area contributed by atoms with E-state index < -0.39 is 12.6 Å². The predicted molar refractivity (Wildman–Crippen MR) is 93.5 cm³/mol. The number of benzene rings is 1. The lowest BCUT2D eigenvalue weighted by Gasteiger charge is -2.07. The highest BCUT2D eigenvalue weighted by Crippen LogP contribution is 2.32. The van der Waals surface area contributed by atoms with Crippen molar-refractivity contribution in [2.24, 2.45) is 7.05 Å². The Hall–Kier alpha value is -3.22. The van der Waals surface area contributed by atoms with Crippen molar-refractivity contribution in [1.82, 2.24) is 4.57 Å². The maximum Gasteiger partial charge on any atom is 0.355 e. The predicted octanol–water partition coefficient (Wildman–Crippen LogP) is 2.32. The summed E-state index contributed by atoms with van der Waals surface area (Å²) >= 11 is 0. The maximum atomic E-state index is 12.3. The molecular weight excluding hydrogens is 336 g/mol. The van der Waals surface area contributed by atoms with Crippen LogP contribution in [-0.4, -0.2) is 34.6 Å². The molecule has 0 spiro atoms. The molecule has 2 heterocycles. The Bertz CT molecular complexity index is 941. The van der Waals surface area contributed by atoms with E-state index in [0.29, 0.717) is 16.8 Å². The van der Waals surface area contributed by atoms with E-state index in [9.17, 15) is 19.2 Å². The zero-order chi connectivity index (χ0) is 19.0. The molecule has 1 atom stereocenters. The van der Waals surface area contributed by atoms with Gasteiger partial charge in [0.1, 0.15) is 5.69 Å². The summed E-state index contributed by atoms with van der Waals surface area (Å²) in [7, 11) is 1.62. The monoisotopic (exact) mass is 354 g/mol. The van der Waals surface area contributed by atoms with Gasteiger partial charge >= 0.3 is 5.97 Å². The fourth-order valence-electron chi connectivity index (χ4n) is 2.84. The summed E-state index contributed by atoms with van der Waals surface area (Å²) in [6, 6.07) is 6.33. The molecule has 0 saturated heterocycles. The van der Waals surface area contributed by atoms with Crippen molar-refractivity contribution in [2.75, 3.05) is 11.9 Å². The van der Waals surface area contributed by atoms with Crippen LogP contribution in [0.15, 0.2) is 30.5 Å². The number of amides is 1. The van der Waals surface area contributed by atoms with Gasteiger partial charge in [0.25, 0.3) is 0 Å². The number of rotatable bonds is 5. The number of anilines is 1. The van der Waals surface area contributed by atoms with Gasteiger partial charge in [0, 0.05) is 30.1 Å². The average Bonchev–Trinajstić information content (AvgIpc) is 3.13. The summed E-state index contributed by atoms with van der Waals surface area (Å²) in [4.78, 5) is 47.5. The number of nitrogens with one attached hydrogen (secondary N) is 1. The van der Waals surface area contributed by atoms with Gasteiger partial charge in [-0.2, -0.15) is 0 Å². The molecule has 1 aliphatic heterocycles. The second-order valence-corrected chi connectivity index (χ2v) is 6.29. The van der Waals surface area contributed by atoms with Crippen molar-refractivity contribution >= 4 is 29.1 Å². The molecule has 1 N–H and O–H groups in total. The van der Waals surface area contributed by atoms with Gasteiger partial charge in [-0.05, 0) is 43.7 Å². The zero-order valence-electron chi connectivity index (χ0n) is 14.7. The van der Waals surface area contributed by atoms with Crippen molar-refractivity contribution in [3.8, 4) is 0 Å². The molecule has 1 amide bonds. The molecule has 0 aliphatic carbocycles. The lowest BCUT2D eigenvalue weighted by atomic mass is 9.99. The van der Waals surface area contributed by atoms with E-state index in [-0.39, 0.29) is 29.1 Å². The summed E-state index contributed by atoms with van der Waals surface area (Å²) in [5.41, 5.74) is 2.41. The number of ketones is 2. The van der Waals surface area contributed by atoms with Crippen molar-refractivity contribution in [2.45, 2.75) is 19.8 Å². The molecule has 7 nitrogen and oxygen atoms in total. The molecule has 0 saturated carbocycles. The normalized spacial score (nSPS) is 15.3. The number of esters is 1. The summed E-state index contributed by atoms with van der Waals surface area (Å²) in [5.74, 6) is -1.64. The molecule has 0 radical (unpaired) electrons. The van der Waals surface area contributed by atoms with Crippen LogP contribution in [-0.2, 0) is 16.6 Å². The van der Waals surface area contributed by atoms with Gasteiger partial charge in [-0.1, -0.05) is 0 Å². The molecule has 3 rings (SSSR count). The summed E-state index contributed by atoms with van der Waals surface area (Å²) in [6.07, 6.45) is 1.53. The third-order valence-electron chi connectivity index (χ3n) is 4.45. The fraction of sp³-hybridized carbons (Fsp3) is 0.263. The largest absolute Gasteiger partial charge is 0.453 e. The van der Waals surface area contributed by atoms with E-state index in [4.69, 9.17) is 4.74 Å². The first-order valence-corrected chi connectivity index (χ1v) is 8.10. The van der Waals surface area contributed by atoms with Gasteiger partial charge in [0.05, 0.1) is 5.92 Å². The van der Waals surface area contributed by atoms with Crippen LogP contribution in [0.2, 0.25) is 0 Å². The molecule has 2 aromatic rings. The molecule has 7 heteroatoms. The molecule has 0 bridgehead atoms. The highest BCUT2D eigenvalue weighted by molar-refractivity contribution is 6.05. The molecule has 0 fully saturated rings. The van der Waals surface area contributed by atoms with Crippen molar-refractivity contribution in [1.29, 1.82) is 0 Å². The average molecular weight is 354 g/mol. The third kappa shape index (κ3) is 3.15. The van der Waals surface area contributed by atoms with E-state index in [1.165, 1.54) is 23.8 Å². The Balaban J connectivity index is 1.69. The van der Waals surface area contributed by atoms with Gasteiger partial charge in [-0.25, -0.2) is 4.79 Å². The number of fused-ring (bicyclic) bond motifs is 1. The topological polar surface area (TPSA) is 94.5 Å². The van der Waals surface area contributed by atoms with Crippen LogP contribution >= 0.6 is 0 Å². The number of Topliss-reactive ketones (excluding diaryl/α,β-unsaturated/α-hetero) is 2. The van der Waals surface area contributed by atoms with Gasteiger partial charge in [0.15, 0.2) is 18.2 Å². The van der Waals surface area contributed by atoms with Crippen molar-refractivity contribution in [3.05, 3.63) is 52.8 Å². The molecule has 1 aromatic carbocycles. The summed E-state index contributed by atoms with van der Waals surface area (Å²) < 4.78 is 6.57. The van der Waals surface area contributed by atoms with Gasteiger partial charge < -0.3 is 14.6 Å². The first-order valence-electron chi connectivity index (χ1n) is 8.10.